The molecule has 118 valence electrons. The maximum atomic E-state index is 12.6. The Kier molecular flexibility index (Phi) is 4.02. The lowest BCUT2D eigenvalue weighted by molar-refractivity contribution is 0.0684. The van der Waals surface area contributed by atoms with Gasteiger partial charge < -0.3 is 0 Å². The number of carbonyl (C=O) groups excluding carboxylic acids is 2. The molecule has 3 nitrogen and oxygen atoms in total. The van der Waals surface area contributed by atoms with Crippen LogP contribution in [0.1, 0.15) is 47.1 Å². The van der Waals surface area contributed by atoms with Crippen LogP contribution in [0.15, 0.2) is 53.4 Å². The number of benzene rings is 2. The smallest absolute Gasteiger partial charge is 0.262 e. The van der Waals surface area contributed by atoms with Crippen molar-refractivity contribution in [2.75, 3.05) is 5.88 Å². The summed E-state index contributed by atoms with van der Waals surface area (Å²) in [5.41, 5.74) is 2.05. The summed E-state index contributed by atoms with van der Waals surface area (Å²) >= 11 is 1.49. The van der Waals surface area contributed by atoms with Crippen LogP contribution in [0.3, 0.4) is 0 Å². The third kappa shape index (κ3) is 3.04. The highest BCUT2D eigenvalue weighted by Crippen LogP contribution is 2.31. The predicted molar refractivity (Wildman–Crippen MR) is 92.8 cm³/mol. The van der Waals surface area contributed by atoms with E-state index in [0.29, 0.717) is 17.0 Å². The number of nitrogens with zero attached hydrogens (tertiary/aromatic N) is 1. The van der Waals surface area contributed by atoms with Crippen LogP contribution in [0, 0.1) is 0 Å². The molecule has 3 rings (SSSR count). The standard InChI is InChI=1S/C19H19NO2S/c1-19(2,3)13-9-10-15-16(11-13)18(22)20(17(15)21)12-23-14-7-5-4-6-8-14/h4-11H,12H2,1-3H3. The molecule has 0 fully saturated rings. The van der Waals surface area contributed by atoms with Gasteiger partial charge in [0.15, 0.2) is 0 Å². The summed E-state index contributed by atoms with van der Waals surface area (Å²) in [6.45, 7) is 6.29. The van der Waals surface area contributed by atoms with Crippen molar-refractivity contribution in [3.8, 4) is 0 Å². The van der Waals surface area contributed by atoms with Crippen LogP contribution in [-0.2, 0) is 5.41 Å². The minimum Gasteiger partial charge on any atom is -0.269 e. The van der Waals surface area contributed by atoms with Gasteiger partial charge in [-0.25, -0.2) is 0 Å². The van der Waals surface area contributed by atoms with E-state index in [4.69, 9.17) is 0 Å². The molecule has 0 radical (unpaired) electrons. The summed E-state index contributed by atoms with van der Waals surface area (Å²) in [5, 5.41) is 0. The highest BCUT2D eigenvalue weighted by molar-refractivity contribution is 7.99. The molecule has 1 aliphatic rings. The van der Waals surface area contributed by atoms with Gasteiger partial charge in [0.1, 0.15) is 0 Å². The first-order chi connectivity index (χ1) is 10.9. The number of thioether (sulfide) groups is 1. The predicted octanol–water partition coefficient (Wildman–Crippen LogP) is 4.33. The van der Waals surface area contributed by atoms with Crippen molar-refractivity contribution in [2.24, 2.45) is 0 Å². The van der Waals surface area contributed by atoms with Crippen molar-refractivity contribution in [2.45, 2.75) is 31.1 Å². The second-order valence-electron chi connectivity index (χ2n) is 6.64. The van der Waals surface area contributed by atoms with E-state index in [2.05, 4.69) is 20.8 Å². The van der Waals surface area contributed by atoms with Crippen LogP contribution in [0.25, 0.3) is 0 Å². The van der Waals surface area contributed by atoms with Gasteiger partial charge in [-0.05, 0) is 35.2 Å². The summed E-state index contributed by atoms with van der Waals surface area (Å²) in [6.07, 6.45) is 0. The zero-order chi connectivity index (χ0) is 16.6. The second kappa shape index (κ2) is 5.85. The number of fused-ring (bicyclic) bond motifs is 1. The molecule has 2 amide bonds. The summed E-state index contributed by atoms with van der Waals surface area (Å²) in [7, 11) is 0. The zero-order valence-corrected chi connectivity index (χ0v) is 14.3. The monoisotopic (exact) mass is 325 g/mol. The first-order valence-electron chi connectivity index (χ1n) is 7.56. The molecule has 1 aliphatic heterocycles. The molecule has 2 aromatic rings. The van der Waals surface area contributed by atoms with Crippen molar-refractivity contribution in [1.82, 2.24) is 4.90 Å². The summed E-state index contributed by atoms with van der Waals surface area (Å²) in [5.74, 6) is -0.0604. The number of rotatable bonds is 3. The Labute approximate surface area is 140 Å². The lowest BCUT2D eigenvalue weighted by atomic mass is 9.85. The van der Waals surface area contributed by atoms with Gasteiger partial charge in [-0.1, -0.05) is 45.0 Å². The number of hydrogen-bond acceptors (Lipinski definition) is 3. The van der Waals surface area contributed by atoms with Crippen LogP contribution in [0.4, 0.5) is 0 Å². The number of amides is 2. The van der Waals surface area contributed by atoms with Crippen molar-refractivity contribution in [3.63, 3.8) is 0 Å². The van der Waals surface area contributed by atoms with E-state index in [0.717, 1.165) is 10.5 Å². The van der Waals surface area contributed by atoms with Gasteiger partial charge in [0.2, 0.25) is 0 Å². The fourth-order valence-electron chi connectivity index (χ4n) is 2.53. The van der Waals surface area contributed by atoms with E-state index in [1.54, 1.807) is 6.07 Å². The van der Waals surface area contributed by atoms with Crippen molar-refractivity contribution in [1.29, 1.82) is 0 Å². The maximum Gasteiger partial charge on any atom is 0.262 e. The molecule has 0 aliphatic carbocycles. The van der Waals surface area contributed by atoms with Crippen LogP contribution >= 0.6 is 11.8 Å². The Hall–Kier alpha value is -2.07. The normalized spacial score (nSPS) is 14.3. The molecule has 0 spiro atoms. The van der Waals surface area contributed by atoms with E-state index in [-0.39, 0.29) is 17.2 Å². The molecule has 0 N–H and O–H groups in total. The molecule has 0 aromatic heterocycles. The fraction of sp³-hybridized carbons (Fsp3) is 0.263. The van der Waals surface area contributed by atoms with Gasteiger partial charge in [-0.2, -0.15) is 0 Å². The van der Waals surface area contributed by atoms with Crippen molar-refractivity contribution >= 4 is 23.6 Å². The zero-order valence-electron chi connectivity index (χ0n) is 13.5. The van der Waals surface area contributed by atoms with Gasteiger partial charge in [-0.15, -0.1) is 11.8 Å². The topological polar surface area (TPSA) is 37.4 Å². The molecular weight excluding hydrogens is 306 g/mol. The maximum absolute atomic E-state index is 12.6. The molecule has 1 heterocycles. The third-order valence-electron chi connectivity index (χ3n) is 3.94. The Bertz CT molecular complexity index is 763. The van der Waals surface area contributed by atoms with E-state index >= 15 is 0 Å². The van der Waals surface area contributed by atoms with Gasteiger partial charge >= 0.3 is 0 Å². The first-order valence-corrected chi connectivity index (χ1v) is 8.55. The molecule has 2 aromatic carbocycles. The van der Waals surface area contributed by atoms with Crippen molar-refractivity contribution in [3.05, 3.63) is 65.2 Å². The van der Waals surface area contributed by atoms with Gasteiger partial charge in [0.05, 0.1) is 17.0 Å². The molecule has 0 saturated carbocycles. The quantitative estimate of drug-likeness (QED) is 0.622. The molecule has 0 bridgehead atoms. The average molecular weight is 325 g/mol. The van der Waals surface area contributed by atoms with Crippen LogP contribution in [0.5, 0.6) is 0 Å². The Balaban J connectivity index is 1.83. The molecule has 0 unspecified atom stereocenters. The molecule has 23 heavy (non-hydrogen) atoms. The first kappa shape index (κ1) is 15.8. The number of carbonyl (C=O) groups is 2. The summed E-state index contributed by atoms with van der Waals surface area (Å²) in [4.78, 5) is 27.4. The van der Waals surface area contributed by atoms with Gasteiger partial charge in [0, 0.05) is 4.90 Å². The average Bonchev–Trinajstić information content (AvgIpc) is 2.77. The Morgan fingerprint density at radius 1 is 0.913 bits per heavy atom. The number of hydrogen-bond donors (Lipinski definition) is 0. The van der Waals surface area contributed by atoms with E-state index in [9.17, 15) is 9.59 Å². The molecular formula is C19H19NO2S. The van der Waals surface area contributed by atoms with E-state index in [1.807, 2.05) is 42.5 Å². The van der Waals surface area contributed by atoms with E-state index < -0.39 is 0 Å². The van der Waals surface area contributed by atoms with Crippen LogP contribution < -0.4 is 0 Å². The Morgan fingerprint density at radius 3 is 2.22 bits per heavy atom. The van der Waals surface area contributed by atoms with Crippen LogP contribution in [0.2, 0.25) is 0 Å². The van der Waals surface area contributed by atoms with Gasteiger partial charge in [-0.3, -0.25) is 14.5 Å². The largest absolute Gasteiger partial charge is 0.269 e. The SMILES string of the molecule is CC(C)(C)c1ccc2c(c1)C(=O)N(CSc1ccccc1)C2=O. The molecule has 4 heteroatoms. The summed E-state index contributed by atoms with van der Waals surface area (Å²) < 4.78 is 0. The highest BCUT2D eigenvalue weighted by atomic mass is 32.2. The summed E-state index contributed by atoms with van der Waals surface area (Å²) in [6, 6.07) is 15.4. The van der Waals surface area contributed by atoms with E-state index in [1.165, 1.54) is 16.7 Å². The lowest BCUT2D eigenvalue weighted by Crippen LogP contribution is -2.29. The highest BCUT2D eigenvalue weighted by Gasteiger charge is 2.36. The number of imide groups is 1. The minimum atomic E-state index is -0.200. The third-order valence-corrected chi connectivity index (χ3v) is 4.93. The fourth-order valence-corrected chi connectivity index (χ4v) is 3.39. The second-order valence-corrected chi connectivity index (χ2v) is 7.65. The molecule has 0 atom stereocenters. The lowest BCUT2D eigenvalue weighted by Gasteiger charge is -2.19. The minimum absolute atomic E-state index is 0.0510. The molecule has 0 saturated heterocycles. The Morgan fingerprint density at radius 2 is 1.57 bits per heavy atom. The van der Waals surface area contributed by atoms with Crippen molar-refractivity contribution < 1.29 is 9.59 Å². The van der Waals surface area contributed by atoms with Gasteiger partial charge in [0.25, 0.3) is 11.8 Å². The van der Waals surface area contributed by atoms with Crippen LogP contribution in [-0.4, -0.2) is 22.6 Å².